The number of hydrazine groups is 1. The SMILES string of the molecule is COc1ccccc1C(=O)NCc1ccc(C2NN(C(C)C(F)(F)F)C(N)=C2C(N)=O)cc1. The van der Waals surface area contributed by atoms with Crippen LogP contribution in [0.25, 0.3) is 0 Å². The standard InChI is InChI=1S/C22H24F3N5O3/c1-12(22(23,24)25)30-19(26)17(20(27)31)18(29-30)14-9-7-13(8-10-14)11-28-21(32)15-5-3-4-6-16(15)33-2/h3-10,12,18,29H,11,26H2,1-2H3,(H2,27,31)(H,28,32). The van der Waals surface area contributed by atoms with Crippen molar-refractivity contribution < 1.29 is 27.5 Å². The molecule has 6 N–H and O–H groups in total. The van der Waals surface area contributed by atoms with Crippen LogP contribution in [0, 0.1) is 0 Å². The molecular weight excluding hydrogens is 439 g/mol. The minimum atomic E-state index is -4.57. The van der Waals surface area contributed by atoms with Gasteiger partial charge in [-0.15, -0.1) is 0 Å². The summed E-state index contributed by atoms with van der Waals surface area (Å²) in [4.78, 5) is 24.4. The second-order valence-corrected chi connectivity index (χ2v) is 7.44. The average molecular weight is 463 g/mol. The predicted octanol–water partition coefficient (Wildman–Crippen LogP) is 2.09. The third-order valence-corrected chi connectivity index (χ3v) is 5.34. The normalized spacial score (nSPS) is 17.1. The molecule has 33 heavy (non-hydrogen) atoms. The number of alkyl halides is 3. The summed E-state index contributed by atoms with van der Waals surface area (Å²) in [5.41, 5.74) is 15.3. The lowest BCUT2D eigenvalue weighted by Gasteiger charge is -2.29. The van der Waals surface area contributed by atoms with Gasteiger partial charge in [-0.05, 0) is 30.2 Å². The molecule has 0 aromatic heterocycles. The Morgan fingerprint density at radius 2 is 1.82 bits per heavy atom. The molecule has 1 aliphatic rings. The Kier molecular flexibility index (Phi) is 6.82. The van der Waals surface area contributed by atoms with Crippen molar-refractivity contribution >= 4 is 11.8 Å². The minimum absolute atomic E-state index is 0.150. The van der Waals surface area contributed by atoms with Crippen LogP contribution >= 0.6 is 0 Å². The van der Waals surface area contributed by atoms with E-state index in [0.29, 0.717) is 21.9 Å². The van der Waals surface area contributed by atoms with Gasteiger partial charge in [-0.1, -0.05) is 36.4 Å². The van der Waals surface area contributed by atoms with Gasteiger partial charge in [0.1, 0.15) is 17.6 Å². The van der Waals surface area contributed by atoms with E-state index in [4.69, 9.17) is 16.2 Å². The molecule has 1 heterocycles. The predicted molar refractivity (Wildman–Crippen MR) is 114 cm³/mol. The highest BCUT2D eigenvalue weighted by Crippen LogP contribution is 2.35. The van der Waals surface area contributed by atoms with E-state index in [2.05, 4.69) is 10.7 Å². The van der Waals surface area contributed by atoms with Crippen LogP contribution in [0.1, 0.15) is 34.5 Å². The maximum absolute atomic E-state index is 13.2. The van der Waals surface area contributed by atoms with E-state index < -0.39 is 24.2 Å². The topological polar surface area (TPSA) is 123 Å². The van der Waals surface area contributed by atoms with Crippen LogP contribution in [-0.4, -0.2) is 36.2 Å². The first kappa shape index (κ1) is 23.9. The summed E-state index contributed by atoms with van der Waals surface area (Å²) in [5, 5.41) is 3.48. The highest BCUT2D eigenvalue weighted by atomic mass is 19.4. The van der Waals surface area contributed by atoms with Crippen molar-refractivity contribution in [2.24, 2.45) is 11.5 Å². The number of carbonyl (C=O) groups is 2. The van der Waals surface area contributed by atoms with Gasteiger partial charge in [0.2, 0.25) is 5.91 Å². The first-order valence-electron chi connectivity index (χ1n) is 9.96. The number of methoxy groups -OCH3 is 1. The van der Waals surface area contributed by atoms with E-state index in [9.17, 15) is 22.8 Å². The number of hydrogen-bond donors (Lipinski definition) is 4. The van der Waals surface area contributed by atoms with Crippen LogP contribution < -0.4 is 26.9 Å². The molecule has 2 aromatic rings. The van der Waals surface area contributed by atoms with Crippen molar-refractivity contribution in [3.63, 3.8) is 0 Å². The first-order chi connectivity index (χ1) is 15.5. The molecule has 0 bridgehead atoms. The molecule has 0 radical (unpaired) electrons. The van der Waals surface area contributed by atoms with Crippen molar-refractivity contribution in [3.8, 4) is 5.75 Å². The summed E-state index contributed by atoms with van der Waals surface area (Å²) < 4.78 is 44.7. The van der Waals surface area contributed by atoms with Crippen LogP contribution in [0.15, 0.2) is 59.9 Å². The highest BCUT2D eigenvalue weighted by molar-refractivity contribution is 5.97. The van der Waals surface area contributed by atoms with Gasteiger partial charge in [-0.25, -0.2) is 5.43 Å². The average Bonchev–Trinajstić information content (AvgIpc) is 3.13. The van der Waals surface area contributed by atoms with Gasteiger partial charge in [0.15, 0.2) is 0 Å². The number of rotatable bonds is 7. The smallest absolute Gasteiger partial charge is 0.410 e. The third-order valence-electron chi connectivity index (χ3n) is 5.34. The number of nitrogens with two attached hydrogens (primary N) is 2. The molecule has 2 unspecified atom stereocenters. The van der Waals surface area contributed by atoms with Crippen molar-refractivity contribution in [2.75, 3.05) is 7.11 Å². The summed E-state index contributed by atoms with van der Waals surface area (Å²) in [5.74, 6) is -1.17. The quantitative estimate of drug-likeness (QED) is 0.499. The van der Waals surface area contributed by atoms with Crippen LogP contribution in [0.5, 0.6) is 5.75 Å². The number of nitrogens with one attached hydrogen (secondary N) is 2. The fourth-order valence-corrected chi connectivity index (χ4v) is 3.47. The zero-order valence-electron chi connectivity index (χ0n) is 17.9. The van der Waals surface area contributed by atoms with Crippen molar-refractivity contribution in [1.29, 1.82) is 0 Å². The number of halogens is 3. The Bertz CT molecular complexity index is 1070. The number of para-hydroxylation sites is 1. The molecule has 11 heteroatoms. The van der Waals surface area contributed by atoms with E-state index in [-0.39, 0.29) is 23.8 Å². The molecule has 1 aliphatic heterocycles. The fourth-order valence-electron chi connectivity index (χ4n) is 3.47. The zero-order chi connectivity index (χ0) is 24.3. The molecule has 2 amide bonds. The Morgan fingerprint density at radius 3 is 2.39 bits per heavy atom. The number of carbonyl (C=O) groups excluding carboxylic acids is 2. The van der Waals surface area contributed by atoms with E-state index in [1.165, 1.54) is 7.11 Å². The monoisotopic (exact) mass is 463 g/mol. The van der Waals surface area contributed by atoms with Crippen LogP contribution in [0.4, 0.5) is 13.2 Å². The molecular formula is C22H24F3N5O3. The number of amides is 2. The van der Waals surface area contributed by atoms with E-state index in [1.807, 2.05) is 0 Å². The van der Waals surface area contributed by atoms with Crippen LogP contribution in [0.2, 0.25) is 0 Å². The number of nitrogens with zero attached hydrogens (tertiary/aromatic N) is 1. The third kappa shape index (κ3) is 5.03. The van der Waals surface area contributed by atoms with Gasteiger partial charge in [0.05, 0.1) is 24.3 Å². The number of hydrogen-bond acceptors (Lipinski definition) is 6. The van der Waals surface area contributed by atoms with Gasteiger partial charge in [0, 0.05) is 6.54 Å². The summed E-state index contributed by atoms with van der Waals surface area (Å²) in [7, 11) is 1.47. The van der Waals surface area contributed by atoms with Gasteiger partial charge in [-0.3, -0.25) is 14.6 Å². The molecule has 0 saturated carbocycles. The molecule has 0 aliphatic carbocycles. The molecule has 2 aromatic carbocycles. The van der Waals surface area contributed by atoms with Crippen LogP contribution in [-0.2, 0) is 11.3 Å². The number of benzene rings is 2. The van der Waals surface area contributed by atoms with E-state index >= 15 is 0 Å². The van der Waals surface area contributed by atoms with Crippen molar-refractivity contribution in [3.05, 3.63) is 76.6 Å². The first-order valence-corrected chi connectivity index (χ1v) is 9.96. The Morgan fingerprint density at radius 1 is 1.18 bits per heavy atom. The zero-order valence-corrected chi connectivity index (χ0v) is 17.9. The molecule has 3 rings (SSSR count). The molecule has 0 fully saturated rings. The van der Waals surface area contributed by atoms with E-state index in [0.717, 1.165) is 12.5 Å². The minimum Gasteiger partial charge on any atom is -0.496 e. The van der Waals surface area contributed by atoms with E-state index in [1.54, 1.807) is 48.5 Å². The van der Waals surface area contributed by atoms with Gasteiger partial charge in [0.25, 0.3) is 5.91 Å². The summed E-state index contributed by atoms with van der Waals surface area (Å²) in [6, 6.07) is 10.5. The lowest BCUT2D eigenvalue weighted by Crippen LogP contribution is -2.49. The fraction of sp³-hybridized carbons (Fsp3) is 0.273. The second kappa shape index (κ2) is 9.41. The molecule has 0 saturated heterocycles. The largest absolute Gasteiger partial charge is 0.496 e. The summed E-state index contributed by atoms with van der Waals surface area (Å²) in [6.45, 7) is 1.13. The Labute approximate surface area is 188 Å². The lowest BCUT2D eigenvalue weighted by molar-refractivity contribution is -0.180. The summed E-state index contributed by atoms with van der Waals surface area (Å²) in [6.07, 6.45) is -4.57. The maximum atomic E-state index is 13.2. The molecule has 2 atom stereocenters. The Hall–Kier alpha value is -3.73. The molecule has 0 spiro atoms. The van der Waals surface area contributed by atoms with Gasteiger partial charge >= 0.3 is 6.18 Å². The van der Waals surface area contributed by atoms with Gasteiger partial charge in [-0.2, -0.15) is 13.2 Å². The number of primary amides is 1. The van der Waals surface area contributed by atoms with Crippen LogP contribution in [0.3, 0.4) is 0 Å². The summed E-state index contributed by atoms with van der Waals surface area (Å²) >= 11 is 0. The van der Waals surface area contributed by atoms with Crippen molar-refractivity contribution in [1.82, 2.24) is 15.8 Å². The molecule has 8 nitrogen and oxygen atoms in total. The van der Waals surface area contributed by atoms with Crippen molar-refractivity contribution in [2.45, 2.75) is 31.7 Å². The highest BCUT2D eigenvalue weighted by Gasteiger charge is 2.46. The lowest BCUT2D eigenvalue weighted by atomic mass is 9.98. The number of ether oxygens (including phenoxy) is 1. The molecule has 176 valence electrons. The van der Waals surface area contributed by atoms with Gasteiger partial charge < -0.3 is 21.5 Å². The Balaban J connectivity index is 1.74. The second-order valence-electron chi connectivity index (χ2n) is 7.44. The maximum Gasteiger partial charge on any atom is 0.410 e.